The molecule has 0 atom stereocenters. The van der Waals surface area contributed by atoms with Crippen LogP contribution in [0.25, 0.3) is 0 Å². The van der Waals surface area contributed by atoms with Crippen molar-refractivity contribution in [2.24, 2.45) is 5.34 Å². The number of rotatable bonds is 4. The highest BCUT2D eigenvalue weighted by Gasteiger charge is 2.05. The second-order valence-electron chi connectivity index (χ2n) is 1.43. The van der Waals surface area contributed by atoms with Gasteiger partial charge in [-0.3, -0.25) is 9.63 Å². The van der Waals surface area contributed by atoms with E-state index in [9.17, 15) is 14.5 Å². The molecule has 0 spiro atoms. The van der Waals surface area contributed by atoms with Crippen LogP contribution in [0.5, 0.6) is 0 Å². The first kappa shape index (κ1) is 8.54. The van der Waals surface area contributed by atoms with E-state index in [-0.39, 0.29) is 12.8 Å². The molecule has 0 fully saturated rings. The monoisotopic (exact) mass is 147 g/mol. The summed E-state index contributed by atoms with van der Waals surface area (Å²) in [6.07, 6.45) is -0.685. The van der Waals surface area contributed by atoms with Crippen molar-refractivity contribution in [2.75, 3.05) is 0 Å². The Morgan fingerprint density at radius 2 is 2.00 bits per heavy atom. The summed E-state index contributed by atoms with van der Waals surface area (Å²) in [6.45, 7) is 0. The number of carbonyl (C=O) groups excluding carboxylic acids is 1. The van der Waals surface area contributed by atoms with Gasteiger partial charge in [0.05, 0.1) is 12.8 Å². The highest BCUT2D eigenvalue weighted by atomic mass is 16.7. The first-order chi connectivity index (χ1) is 4.66. The van der Waals surface area contributed by atoms with E-state index in [2.05, 4.69) is 4.84 Å². The lowest BCUT2D eigenvalue weighted by Crippen LogP contribution is -2.03. The number of carboxylic acids is 1. The third-order valence-corrected chi connectivity index (χ3v) is 0.682. The maximum Gasteiger partial charge on any atom is 0.339 e. The van der Waals surface area contributed by atoms with E-state index >= 15 is 0 Å². The first-order valence-electron chi connectivity index (χ1n) is 2.41. The number of carboxylic acid groups (broad SMARTS) is 1. The van der Waals surface area contributed by atoms with Crippen molar-refractivity contribution in [2.45, 2.75) is 12.8 Å². The Bertz CT molecular complexity index is 154. The number of hydrogen-bond donors (Lipinski definition) is 1. The van der Waals surface area contributed by atoms with Crippen LogP contribution in [0.1, 0.15) is 12.8 Å². The van der Waals surface area contributed by atoms with Crippen molar-refractivity contribution in [3.05, 3.63) is 4.91 Å². The molecule has 10 heavy (non-hydrogen) atoms. The third-order valence-electron chi connectivity index (χ3n) is 0.682. The number of nitrogens with zero attached hydrogens (tertiary/aromatic N) is 1. The molecule has 0 aliphatic heterocycles. The fourth-order valence-corrected chi connectivity index (χ4v) is 0.296. The van der Waals surface area contributed by atoms with Crippen molar-refractivity contribution in [1.82, 2.24) is 0 Å². The van der Waals surface area contributed by atoms with Crippen molar-refractivity contribution in [3.8, 4) is 0 Å². The van der Waals surface area contributed by atoms with E-state index in [1.54, 1.807) is 0 Å². The van der Waals surface area contributed by atoms with Crippen LogP contribution in [0.2, 0.25) is 0 Å². The van der Waals surface area contributed by atoms with Gasteiger partial charge in [-0.2, -0.15) is 0 Å². The topological polar surface area (TPSA) is 93.0 Å². The van der Waals surface area contributed by atoms with Gasteiger partial charge in [0.2, 0.25) is 0 Å². The zero-order chi connectivity index (χ0) is 7.98. The Morgan fingerprint density at radius 1 is 1.40 bits per heavy atom. The molecule has 0 aliphatic rings. The molecular formula is C4H5NO5. The van der Waals surface area contributed by atoms with Crippen LogP contribution in [0.3, 0.4) is 0 Å². The Kier molecular flexibility index (Phi) is 3.78. The minimum Gasteiger partial charge on any atom is -0.481 e. The van der Waals surface area contributed by atoms with E-state index in [1.807, 2.05) is 5.34 Å². The molecule has 0 heterocycles. The van der Waals surface area contributed by atoms with Gasteiger partial charge in [0, 0.05) is 0 Å². The fraction of sp³-hybridized carbons (Fsp3) is 0.500. The molecule has 0 unspecified atom stereocenters. The fourth-order valence-electron chi connectivity index (χ4n) is 0.296. The smallest absolute Gasteiger partial charge is 0.339 e. The minimum absolute atomic E-state index is 0.332. The van der Waals surface area contributed by atoms with Crippen LogP contribution >= 0.6 is 0 Å². The highest BCUT2D eigenvalue weighted by molar-refractivity contribution is 5.76. The predicted octanol–water partition coefficient (Wildman–Crippen LogP) is 0.0758. The second kappa shape index (κ2) is 4.42. The van der Waals surface area contributed by atoms with E-state index in [1.165, 1.54) is 0 Å². The molecule has 0 aromatic rings. The van der Waals surface area contributed by atoms with E-state index in [0.717, 1.165) is 0 Å². The quantitative estimate of drug-likeness (QED) is 0.448. The van der Waals surface area contributed by atoms with Gasteiger partial charge in [-0.1, -0.05) is 0 Å². The van der Waals surface area contributed by atoms with Gasteiger partial charge in [0.25, 0.3) is 0 Å². The minimum atomic E-state index is -1.12. The lowest BCUT2D eigenvalue weighted by molar-refractivity contribution is -0.147. The summed E-state index contributed by atoms with van der Waals surface area (Å²) >= 11 is 0. The molecular weight excluding hydrogens is 142 g/mol. The van der Waals surface area contributed by atoms with Crippen molar-refractivity contribution < 1.29 is 19.5 Å². The Hall–Kier alpha value is -1.46. The van der Waals surface area contributed by atoms with Gasteiger partial charge in [0.15, 0.2) is 5.34 Å². The third kappa shape index (κ3) is 4.69. The summed E-state index contributed by atoms with van der Waals surface area (Å²) in [5.74, 6) is -2.06. The number of carbonyl (C=O) groups is 2. The summed E-state index contributed by atoms with van der Waals surface area (Å²) in [6, 6.07) is 0. The Balaban J connectivity index is 3.39. The summed E-state index contributed by atoms with van der Waals surface area (Å²) in [4.78, 5) is 32.7. The van der Waals surface area contributed by atoms with Gasteiger partial charge in [-0.15, -0.1) is 4.91 Å². The average Bonchev–Trinajstić information content (AvgIpc) is 1.85. The summed E-state index contributed by atoms with van der Waals surface area (Å²) in [5.41, 5.74) is 0. The van der Waals surface area contributed by atoms with E-state index in [0.29, 0.717) is 0 Å². The van der Waals surface area contributed by atoms with Crippen LogP contribution in [-0.2, 0) is 14.4 Å². The molecule has 0 saturated carbocycles. The second-order valence-corrected chi connectivity index (χ2v) is 1.43. The van der Waals surface area contributed by atoms with Crippen molar-refractivity contribution in [3.63, 3.8) is 0 Å². The maximum atomic E-state index is 10.2. The molecule has 6 heteroatoms. The largest absolute Gasteiger partial charge is 0.481 e. The van der Waals surface area contributed by atoms with Crippen LogP contribution in [0, 0.1) is 4.91 Å². The van der Waals surface area contributed by atoms with E-state index < -0.39 is 11.9 Å². The highest BCUT2D eigenvalue weighted by Crippen LogP contribution is 1.91. The molecule has 56 valence electrons. The first-order valence-corrected chi connectivity index (χ1v) is 2.41. The van der Waals surface area contributed by atoms with Crippen molar-refractivity contribution >= 4 is 11.9 Å². The normalized spacial score (nSPS) is 8.40. The molecule has 0 rings (SSSR count). The summed E-state index contributed by atoms with van der Waals surface area (Å²) in [5, 5.41) is 9.84. The van der Waals surface area contributed by atoms with Crippen molar-refractivity contribution in [1.29, 1.82) is 0 Å². The Morgan fingerprint density at radius 3 is 2.40 bits per heavy atom. The average molecular weight is 147 g/mol. The maximum absolute atomic E-state index is 10.2. The summed E-state index contributed by atoms with van der Waals surface area (Å²) < 4.78 is 0. The molecule has 0 radical (unpaired) electrons. The SMILES string of the molecule is O=NOC(=O)CCC(=O)O. The standard InChI is InChI=1S/C4H5NO5/c6-3(7)1-2-4(8)10-5-9/h1-2H2,(H,6,7). The van der Waals surface area contributed by atoms with E-state index in [4.69, 9.17) is 5.11 Å². The van der Waals surface area contributed by atoms with Gasteiger partial charge in [0.1, 0.15) is 0 Å². The number of aliphatic carboxylic acids is 1. The molecule has 6 nitrogen and oxygen atoms in total. The number of hydrogen-bond acceptors (Lipinski definition) is 5. The van der Waals surface area contributed by atoms with Crippen LogP contribution in [-0.4, -0.2) is 17.0 Å². The molecule has 0 saturated heterocycles. The van der Waals surface area contributed by atoms with Crippen LogP contribution in [0.4, 0.5) is 0 Å². The predicted molar refractivity (Wildman–Crippen MR) is 28.8 cm³/mol. The van der Waals surface area contributed by atoms with Gasteiger partial charge >= 0.3 is 11.9 Å². The molecule has 0 amide bonds. The zero-order valence-corrected chi connectivity index (χ0v) is 4.94. The lowest BCUT2D eigenvalue weighted by atomic mass is 10.3. The van der Waals surface area contributed by atoms with Gasteiger partial charge < -0.3 is 5.11 Å². The molecule has 1 N–H and O–H groups in total. The van der Waals surface area contributed by atoms with Gasteiger partial charge in [-0.05, 0) is 0 Å². The summed E-state index contributed by atoms with van der Waals surface area (Å²) in [7, 11) is 0. The molecule has 0 bridgehead atoms. The van der Waals surface area contributed by atoms with Crippen LogP contribution in [0.15, 0.2) is 5.34 Å². The zero-order valence-electron chi connectivity index (χ0n) is 4.94. The Labute approximate surface area is 55.7 Å². The van der Waals surface area contributed by atoms with Gasteiger partial charge in [-0.25, -0.2) is 4.79 Å². The lowest BCUT2D eigenvalue weighted by Gasteiger charge is -1.89. The van der Waals surface area contributed by atoms with Crippen LogP contribution < -0.4 is 0 Å². The molecule has 0 aliphatic carbocycles. The molecule has 0 aromatic heterocycles. The molecule has 0 aromatic carbocycles.